The second-order valence-corrected chi connectivity index (χ2v) is 5.03. The van der Waals surface area contributed by atoms with Crippen molar-refractivity contribution in [3.8, 4) is 0 Å². The van der Waals surface area contributed by atoms with Crippen molar-refractivity contribution in [3.63, 3.8) is 0 Å². The molecule has 0 saturated carbocycles. The third-order valence-corrected chi connectivity index (χ3v) is 2.57. The Kier molecular flexibility index (Phi) is 4.28. The Bertz CT molecular complexity index is 438. The van der Waals surface area contributed by atoms with E-state index in [4.69, 9.17) is 0 Å². The molecule has 0 aliphatic rings. The van der Waals surface area contributed by atoms with Gasteiger partial charge in [0.25, 0.3) is 0 Å². The summed E-state index contributed by atoms with van der Waals surface area (Å²) in [7, 11) is 0. The summed E-state index contributed by atoms with van der Waals surface area (Å²) in [5.74, 6) is 0.196. The average molecular weight is 240 g/mol. The van der Waals surface area contributed by atoms with Crippen LogP contribution in [0, 0.1) is 11.8 Å². The number of nitrogens with zero attached hydrogens (tertiary/aromatic N) is 2. The SMILES string of the molecule is CC(C)Cc1ncc([C@H](O)C(C)C)n(O)c1=O. The van der Waals surface area contributed by atoms with Gasteiger partial charge in [-0.2, -0.15) is 0 Å². The third-order valence-electron chi connectivity index (χ3n) is 2.57. The van der Waals surface area contributed by atoms with Crippen molar-refractivity contribution in [1.29, 1.82) is 0 Å². The summed E-state index contributed by atoms with van der Waals surface area (Å²) >= 11 is 0. The maximum Gasteiger partial charge on any atom is 0.304 e. The van der Waals surface area contributed by atoms with Crippen molar-refractivity contribution in [1.82, 2.24) is 9.71 Å². The second kappa shape index (κ2) is 5.31. The molecular formula is C12H20N2O3. The molecule has 0 amide bonds. The predicted molar refractivity (Wildman–Crippen MR) is 64.0 cm³/mol. The summed E-state index contributed by atoms with van der Waals surface area (Å²) in [5.41, 5.74) is -0.0874. The lowest BCUT2D eigenvalue weighted by atomic mass is 10.0. The van der Waals surface area contributed by atoms with Gasteiger partial charge in [0.05, 0.1) is 6.20 Å². The lowest BCUT2D eigenvalue weighted by Gasteiger charge is -2.16. The normalized spacial score (nSPS) is 13.4. The standard InChI is InChI=1S/C12H20N2O3/c1-7(2)5-9-12(16)14(17)10(6-13-9)11(15)8(3)4/h6-8,11,15,17H,5H2,1-4H3/t11-/m1/s1. The molecule has 0 aromatic carbocycles. The van der Waals surface area contributed by atoms with Gasteiger partial charge >= 0.3 is 5.56 Å². The van der Waals surface area contributed by atoms with Crippen molar-refractivity contribution in [2.24, 2.45) is 11.8 Å². The van der Waals surface area contributed by atoms with Gasteiger partial charge in [0.15, 0.2) is 0 Å². The fourth-order valence-corrected chi connectivity index (χ4v) is 1.56. The van der Waals surface area contributed by atoms with Crippen molar-refractivity contribution in [2.45, 2.75) is 40.2 Å². The van der Waals surface area contributed by atoms with E-state index in [2.05, 4.69) is 4.98 Å². The van der Waals surface area contributed by atoms with Crippen LogP contribution in [0.3, 0.4) is 0 Å². The van der Waals surface area contributed by atoms with Crippen molar-refractivity contribution < 1.29 is 10.3 Å². The fraction of sp³-hybridized carbons (Fsp3) is 0.667. The number of aliphatic hydroxyl groups is 1. The first kappa shape index (κ1) is 13.7. The Hall–Kier alpha value is -1.36. The average Bonchev–Trinajstić information content (AvgIpc) is 2.23. The minimum absolute atomic E-state index is 0.0921. The molecular weight excluding hydrogens is 220 g/mol. The molecule has 0 fully saturated rings. The van der Waals surface area contributed by atoms with Crippen molar-refractivity contribution in [2.75, 3.05) is 0 Å². The summed E-state index contributed by atoms with van der Waals surface area (Å²) in [6.07, 6.45) is 0.981. The molecule has 1 aromatic heterocycles. The Morgan fingerprint density at radius 2 is 1.94 bits per heavy atom. The molecule has 5 heteroatoms. The zero-order valence-corrected chi connectivity index (χ0v) is 10.7. The first-order valence-electron chi connectivity index (χ1n) is 5.82. The summed E-state index contributed by atoms with van der Waals surface area (Å²) in [5, 5.41) is 19.5. The molecule has 0 aliphatic carbocycles. The largest absolute Gasteiger partial charge is 0.425 e. The predicted octanol–water partition coefficient (Wildman–Crippen LogP) is 1.37. The first-order valence-corrected chi connectivity index (χ1v) is 5.82. The van der Waals surface area contributed by atoms with Gasteiger partial charge in [0.2, 0.25) is 0 Å². The molecule has 0 bridgehead atoms. The van der Waals surface area contributed by atoms with Crippen LogP contribution < -0.4 is 5.56 Å². The highest BCUT2D eigenvalue weighted by atomic mass is 16.5. The number of rotatable bonds is 4. The highest BCUT2D eigenvalue weighted by Crippen LogP contribution is 2.18. The van der Waals surface area contributed by atoms with Gasteiger partial charge in [0, 0.05) is 0 Å². The molecule has 1 rings (SSSR count). The van der Waals surface area contributed by atoms with E-state index in [1.807, 2.05) is 13.8 Å². The van der Waals surface area contributed by atoms with Gasteiger partial charge in [-0.15, -0.1) is 4.73 Å². The van der Waals surface area contributed by atoms with Crippen LogP contribution in [0.1, 0.15) is 45.2 Å². The number of hydrogen-bond acceptors (Lipinski definition) is 4. The molecule has 0 unspecified atom stereocenters. The van der Waals surface area contributed by atoms with Crippen molar-refractivity contribution in [3.05, 3.63) is 27.9 Å². The van der Waals surface area contributed by atoms with Gasteiger partial charge in [-0.3, -0.25) is 9.78 Å². The van der Waals surface area contributed by atoms with Crippen LogP contribution in [0.25, 0.3) is 0 Å². The number of hydrogen-bond donors (Lipinski definition) is 2. The zero-order chi connectivity index (χ0) is 13.2. The third kappa shape index (κ3) is 3.06. The second-order valence-electron chi connectivity index (χ2n) is 5.03. The number of aromatic nitrogens is 2. The van der Waals surface area contributed by atoms with E-state index in [-0.39, 0.29) is 17.5 Å². The summed E-state index contributed by atoms with van der Waals surface area (Å²) in [6.45, 7) is 7.55. The summed E-state index contributed by atoms with van der Waals surface area (Å²) in [6, 6.07) is 0. The van der Waals surface area contributed by atoms with Gasteiger partial charge in [-0.05, 0) is 18.3 Å². The highest BCUT2D eigenvalue weighted by Gasteiger charge is 2.19. The van der Waals surface area contributed by atoms with Crippen LogP contribution >= 0.6 is 0 Å². The molecule has 5 nitrogen and oxygen atoms in total. The van der Waals surface area contributed by atoms with Crippen LogP contribution in [-0.4, -0.2) is 20.0 Å². The molecule has 96 valence electrons. The van der Waals surface area contributed by atoms with E-state index in [9.17, 15) is 15.1 Å². The smallest absolute Gasteiger partial charge is 0.304 e. The molecule has 0 saturated heterocycles. The number of aliphatic hydroxyl groups excluding tert-OH is 1. The lowest BCUT2D eigenvalue weighted by molar-refractivity contribution is 0.0767. The van der Waals surface area contributed by atoms with E-state index in [1.165, 1.54) is 6.20 Å². The van der Waals surface area contributed by atoms with Gasteiger partial charge in [-0.1, -0.05) is 27.7 Å². The van der Waals surface area contributed by atoms with Crippen LogP contribution in [0.2, 0.25) is 0 Å². The van der Waals surface area contributed by atoms with E-state index in [0.717, 1.165) is 0 Å². The molecule has 1 aromatic rings. The monoisotopic (exact) mass is 240 g/mol. The molecule has 0 aliphatic heterocycles. The fourth-order valence-electron chi connectivity index (χ4n) is 1.56. The minimum atomic E-state index is -0.895. The quantitative estimate of drug-likeness (QED) is 0.779. The van der Waals surface area contributed by atoms with E-state index < -0.39 is 11.7 Å². The van der Waals surface area contributed by atoms with Crippen LogP contribution in [0.15, 0.2) is 11.0 Å². The molecule has 2 N–H and O–H groups in total. The molecule has 1 atom stereocenters. The van der Waals surface area contributed by atoms with Gasteiger partial charge < -0.3 is 10.3 Å². The lowest BCUT2D eigenvalue weighted by Crippen LogP contribution is -2.29. The molecule has 0 radical (unpaired) electrons. The van der Waals surface area contributed by atoms with Gasteiger partial charge in [0.1, 0.15) is 17.5 Å². The minimum Gasteiger partial charge on any atom is -0.425 e. The Balaban J connectivity index is 3.15. The molecule has 1 heterocycles. The van der Waals surface area contributed by atoms with E-state index in [1.54, 1.807) is 13.8 Å². The van der Waals surface area contributed by atoms with Crippen LogP contribution in [-0.2, 0) is 6.42 Å². The first-order chi connectivity index (χ1) is 7.84. The van der Waals surface area contributed by atoms with E-state index in [0.29, 0.717) is 16.8 Å². The summed E-state index contributed by atoms with van der Waals surface area (Å²) in [4.78, 5) is 15.8. The topological polar surface area (TPSA) is 75.3 Å². The highest BCUT2D eigenvalue weighted by molar-refractivity contribution is 5.08. The molecule has 17 heavy (non-hydrogen) atoms. The maximum absolute atomic E-state index is 11.8. The van der Waals surface area contributed by atoms with Crippen LogP contribution in [0.4, 0.5) is 0 Å². The Morgan fingerprint density at radius 3 is 2.41 bits per heavy atom. The van der Waals surface area contributed by atoms with Crippen LogP contribution in [0.5, 0.6) is 0 Å². The van der Waals surface area contributed by atoms with Gasteiger partial charge in [-0.25, -0.2) is 0 Å². The van der Waals surface area contributed by atoms with E-state index >= 15 is 0 Å². The Labute approximate surface area is 101 Å². The zero-order valence-electron chi connectivity index (χ0n) is 10.7. The Morgan fingerprint density at radius 1 is 1.35 bits per heavy atom. The maximum atomic E-state index is 11.8. The molecule has 0 spiro atoms. The van der Waals surface area contributed by atoms with Crippen molar-refractivity contribution >= 4 is 0 Å². The summed E-state index contributed by atoms with van der Waals surface area (Å²) < 4.78 is 0.509.